The fraction of sp³-hybridized carbons (Fsp3) is 0.385. The molecule has 0 saturated heterocycles. The second-order valence-corrected chi connectivity index (χ2v) is 5.39. The summed E-state index contributed by atoms with van der Waals surface area (Å²) < 4.78 is 0. The Morgan fingerprint density at radius 3 is 2.82 bits per heavy atom. The molecule has 3 rings (SSSR count). The lowest BCUT2D eigenvalue weighted by Gasteiger charge is -2.09. The van der Waals surface area contributed by atoms with Gasteiger partial charge in [-0.25, -0.2) is 9.97 Å². The van der Waals surface area contributed by atoms with Crippen LogP contribution in [-0.4, -0.2) is 16.0 Å². The highest BCUT2D eigenvalue weighted by Crippen LogP contribution is 2.46. The van der Waals surface area contributed by atoms with E-state index in [2.05, 4.69) is 29.1 Å². The molecule has 2 aromatic rings. The normalized spacial score (nSPS) is 21.4. The van der Waals surface area contributed by atoms with Gasteiger partial charge in [-0.15, -0.1) is 0 Å². The molecule has 0 spiro atoms. The molecule has 1 fully saturated rings. The lowest BCUT2D eigenvalue weighted by atomic mass is 10.2. The number of nitrogens with two attached hydrogens (primary N) is 1. The van der Waals surface area contributed by atoms with Crippen LogP contribution in [0.4, 0.5) is 11.5 Å². The third-order valence-corrected chi connectivity index (χ3v) is 3.48. The van der Waals surface area contributed by atoms with Crippen LogP contribution in [0.3, 0.4) is 0 Å². The van der Waals surface area contributed by atoms with Crippen molar-refractivity contribution >= 4 is 22.4 Å². The lowest BCUT2D eigenvalue weighted by molar-refractivity contribution is 0.630. The SMILES string of the molecule is CC1(C)CC1Nc1ncnc2cc(N)ccc12. The molecule has 0 amide bonds. The van der Waals surface area contributed by atoms with Crippen molar-refractivity contribution in [2.45, 2.75) is 26.3 Å². The molecule has 1 heterocycles. The third-order valence-electron chi connectivity index (χ3n) is 3.48. The van der Waals surface area contributed by atoms with Crippen LogP contribution < -0.4 is 11.1 Å². The molecule has 1 unspecified atom stereocenters. The number of nitrogens with zero attached hydrogens (tertiary/aromatic N) is 2. The van der Waals surface area contributed by atoms with Crippen LogP contribution in [0, 0.1) is 5.41 Å². The predicted octanol–water partition coefficient (Wildman–Crippen LogP) is 2.42. The molecule has 88 valence electrons. The van der Waals surface area contributed by atoms with Crippen LogP contribution in [0.2, 0.25) is 0 Å². The Morgan fingerprint density at radius 2 is 2.12 bits per heavy atom. The van der Waals surface area contributed by atoms with E-state index in [-0.39, 0.29) is 0 Å². The standard InChI is InChI=1S/C13H16N4/c1-13(2)6-11(13)17-12-9-4-3-8(14)5-10(9)15-7-16-12/h3-5,7,11H,6,14H2,1-2H3,(H,15,16,17). The van der Waals surface area contributed by atoms with Gasteiger partial charge in [0.25, 0.3) is 0 Å². The molecule has 1 saturated carbocycles. The number of benzene rings is 1. The minimum absolute atomic E-state index is 0.380. The van der Waals surface area contributed by atoms with Crippen molar-refractivity contribution in [3.05, 3.63) is 24.5 Å². The largest absolute Gasteiger partial charge is 0.399 e. The highest BCUT2D eigenvalue weighted by Gasteiger charge is 2.45. The van der Waals surface area contributed by atoms with E-state index in [4.69, 9.17) is 5.73 Å². The Morgan fingerprint density at radius 1 is 1.35 bits per heavy atom. The van der Waals surface area contributed by atoms with Gasteiger partial charge in [0.05, 0.1) is 5.52 Å². The Labute approximate surface area is 100 Å². The summed E-state index contributed by atoms with van der Waals surface area (Å²) >= 11 is 0. The van der Waals surface area contributed by atoms with Gasteiger partial charge in [-0.05, 0) is 30.0 Å². The van der Waals surface area contributed by atoms with Gasteiger partial charge in [0, 0.05) is 17.1 Å². The van der Waals surface area contributed by atoms with Crippen molar-refractivity contribution in [2.24, 2.45) is 5.41 Å². The van der Waals surface area contributed by atoms with Gasteiger partial charge in [0.1, 0.15) is 12.1 Å². The smallest absolute Gasteiger partial charge is 0.137 e. The first-order chi connectivity index (χ1) is 8.06. The van der Waals surface area contributed by atoms with Crippen LogP contribution >= 0.6 is 0 Å². The second-order valence-electron chi connectivity index (χ2n) is 5.39. The third kappa shape index (κ3) is 1.79. The number of hydrogen-bond donors (Lipinski definition) is 2. The van der Waals surface area contributed by atoms with Crippen molar-refractivity contribution in [1.29, 1.82) is 0 Å². The van der Waals surface area contributed by atoms with E-state index < -0.39 is 0 Å². The summed E-state index contributed by atoms with van der Waals surface area (Å²) in [6.45, 7) is 4.51. The average molecular weight is 228 g/mol. The summed E-state index contributed by atoms with van der Waals surface area (Å²) in [4.78, 5) is 8.55. The Hall–Kier alpha value is -1.84. The van der Waals surface area contributed by atoms with E-state index in [1.807, 2.05) is 18.2 Å². The number of aromatic nitrogens is 2. The summed E-state index contributed by atoms with van der Waals surface area (Å²) in [5.74, 6) is 0.908. The van der Waals surface area contributed by atoms with Gasteiger partial charge in [-0.3, -0.25) is 0 Å². The van der Waals surface area contributed by atoms with Gasteiger partial charge < -0.3 is 11.1 Å². The topological polar surface area (TPSA) is 63.8 Å². The first kappa shape index (κ1) is 10.3. The zero-order chi connectivity index (χ0) is 12.0. The van der Waals surface area contributed by atoms with Crippen LogP contribution in [0.5, 0.6) is 0 Å². The minimum Gasteiger partial charge on any atom is -0.399 e. The summed E-state index contributed by atoms with van der Waals surface area (Å²) in [6, 6.07) is 6.25. The van der Waals surface area contributed by atoms with Gasteiger partial charge in [0.2, 0.25) is 0 Å². The summed E-state index contributed by atoms with van der Waals surface area (Å²) in [5, 5.41) is 4.51. The molecule has 0 radical (unpaired) electrons. The number of anilines is 2. The molecule has 1 atom stereocenters. The quantitative estimate of drug-likeness (QED) is 0.775. The summed E-state index contributed by atoms with van der Waals surface area (Å²) in [5.41, 5.74) is 7.75. The molecule has 1 aliphatic rings. The minimum atomic E-state index is 0.380. The van der Waals surface area contributed by atoms with E-state index in [9.17, 15) is 0 Å². The van der Waals surface area contributed by atoms with Crippen molar-refractivity contribution in [2.75, 3.05) is 11.1 Å². The molecule has 1 aromatic heterocycles. The first-order valence-electron chi connectivity index (χ1n) is 5.83. The van der Waals surface area contributed by atoms with Crippen LogP contribution in [-0.2, 0) is 0 Å². The lowest BCUT2D eigenvalue weighted by Crippen LogP contribution is -2.10. The van der Waals surface area contributed by atoms with Crippen molar-refractivity contribution < 1.29 is 0 Å². The second kappa shape index (κ2) is 3.32. The van der Waals surface area contributed by atoms with Gasteiger partial charge >= 0.3 is 0 Å². The molecule has 1 aromatic carbocycles. The molecule has 4 nitrogen and oxygen atoms in total. The maximum atomic E-state index is 5.75. The molecule has 1 aliphatic carbocycles. The molecular formula is C13H16N4. The highest BCUT2D eigenvalue weighted by atomic mass is 15.1. The van der Waals surface area contributed by atoms with Crippen molar-refractivity contribution in [1.82, 2.24) is 9.97 Å². The fourth-order valence-corrected chi connectivity index (χ4v) is 2.07. The molecule has 3 N–H and O–H groups in total. The molecule has 4 heteroatoms. The van der Waals surface area contributed by atoms with Gasteiger partial charge in [-0.1, -0.05) is 13.8 Å². The maximum absolute atomic E-state index is 5.75. The maximum Gasteiger partial charge on any atom is 0.137 e. The van der Waals surface area contributed by atoms with Gasteiger partial charge in [-0.2, -0.15) is 0 Å². The van der Waals surface area contributed by atoms with E-state index >= 15 is 0 Å². The Kier molecular flexibility index (Phi) is 2.02. The van der Waals surface area contributed by atoms with E-state index in [0.29, 0.717) is 11.5 Å². The number of rotatable bonds is 2. The molecular weight excluding hydrogens is 212 g/mol. The highest BCUT2D eigenvalue weighted by molar-refractivity contribution is 5.90. The number of fused-ring (bicyclic) bond motifs is 1. The van der Waals surface area contributed by atoms with Crippen LogP contribution in [0.15, 0.2) is 24.5 Å². The zero-order valence-electron chi connectivity index (χ0n) is 10.1. The number of nitrogens with one attached hydrogen (secondary N) is 1. The number of hydrogen-bond acceptors (Lipinski definition) is 4. The molecule has 17 heavy (non-hydrogen) atoms. The summed E-state index contributed by atoms with van der Waals surface area (Å²) in [6.07, 6.45) is 2.77. The summed E-state index contributed by atoms with van der Waals surface area (Å²) in [7, 11) is 0. The number of nitrogen functional groups attached to an aromatic ring is 1. The van der Waals surface area contributed by atoms with E-state index in [0.717, 1.165) is 22.4 Å². The average Bonchev–Trinajstić information content (AvgIpc) is 2.86. The predicted molar refractivity (Wildman–Crippen MR) is 69.8 cm³/mol. The monoisotopic (exact) mass is 228 g/mol. The van der Waals surface area contributed by atoms with Crippen molar-refractivity contribution in [3.63, 3.8) is 0 Å². The Bertz CT molecular complexity index is 577. The van der Waals surface area contributed by atoms with Crippen molar-refractivity contribution in [3.8, 4) is 0 Å². The zero-order valence-corrected chi connectivity index (χ0v) is 10.1. The molecule has 0 aliphatic heterocycles. The molecule has 0 bridgehead atoms. The van der Waals surface area contributed by atoms with E-state index in [1.54, 1.807) is 6.33 Å². The van der Waals surface area contributed by atoms with E-state index in [1.165, 1.54) is 6.42 Å². The van der Waals surface area contributed by atoms with Gasteiger partial charge in [0.15, 0.2) is 0 Å². The first-order valence-corrected chi connectivity index (χ1v) is 5.83. The Balaban J connectivity index is 1.99. The van der Waals surface area contributed by atoms with Crippen LogP contribution in [0.1, 0.15) is 20.3 Å². The fourth-order valence-electron chi connectivity index (χ4n) is 2.07. The van der Waals surface area contributed by atoms with Crippen LogP contribution in [0.25, 0.3) is 10.9 Å².